The number of pyridine rings is 3. The van der Waals surface area contributed by atoms with Crippen LogP contribution in [0.1, 0.15) is 163 Å². The highest BCUT2D eigenvalue weighted by atomic mass is 19.2. The normalized spacial score (nSPS) is 11.8. The lowest BCUT2D eigenvalue weighted by Crippen LogP contribution is -2.51. The van der Waals surface area contributed by atoms with Crippen molar-refractivity contribution in [3.63, 3.8) is 0 Å². The van der Waals surface area contributed by atoms with E-state index >= 15 is 0 Å². The predicted octanol–water partition coefficient (Wildman–Crippen LogP) is 10.2. The number of carbonyl (C=O) groups excluding carboxylic acids is 12. The molecular formula is C94H107F7N12O27. The van der Waals surface area contributed by atoms with E-state index in [4.69, 9.17) is 53.8 Å². The van der Waals surface area contributed by atoms with Crippen LogP contribution in [0.2, 0.25) is 0 Å². The second-order valence-electron chi connectivity index (χ2n) is 30.1. The van der Waals surface area contributed by atoms with Gasteiger partial charge in [0.25, 0.3) is 11.8 Å². The Bertz CT molecular complexity index is 5370. The summed E-state index contributed by atoms with van der Waals surface area (Å²) in [5, 5.41) is 46.5. The van der Waals surface area contributed by atoms with E-state index in [2.05, 4.69) is 56.9 Å². The fraction of sp³-hybridized carbons (Fsp3) is 0.362. The minimum atomic E-state index is -1.85. The van der Waals surface area contributed by atoms with Crippen molar-refractivity contribution in [3.05, 3.63) is 238 Å². The number of nitrogens with one attached hydrogen (secondary N) is 8. The molecule has 0 fully saturated rings. The number of urea groups is 3. The van der Waals surface area contributed by atoms with Gasteiger partial charge in [0, 0.05) is 57.0 Å². The molecule has 6 unspecified atom stereocenters. The molecule has 0 aliphatic rings. The van der Waals surface area contributed by atoms with Crippen molar-refractivity contribution >= 4 is 89.2 Å². The SMILES string of the molecule is COc1ccc(COC(=O)CCC(NC(=O)NC(CCCCN)C(C)=O)C(=O)OCc2ccc(OC)cc2)cc1.COc1ccc(COC(=O)CCC(NC(=O)NC(CCCCNC(=O)c2ccc([18F])nc2)C(C)=O)C(=O)OCc2ccc(OC)cc2)cc1.O=C(O)CCC(NC(=O)NC(CCCCNC(=O)c1ccc([18F])nc1)C(=O)O)C(=O)O.O=C(Oc1c(F)c(F)cc(F)c1F)c1ccc([18F])nc1. The first-order valence-corrected chi connectivity index (χ1v) is 43.0. The molecule has 0 bridgehead atoms. The van der Waals surface area contributed by atoms with Gasteiger partial charge in [-0.2, -0.15) is 22.0 Å². The van der Waals surface area contributed by atoms with Crippen molar-refractivity contribution in [1.82, 2.24) is 57.5 Å². The maximum atomic E-state index is 13.2. The Morgan fingerprint density at radius 3 is 0.964 bits per heavy atom. The van der Waals surface area contributed by atoms with Gasteiger partial charge in [-0.15, -0.1) is 0 Å². The Morgan fingerprint density at radius 2 is 0.657 bits per heavy atom. The molecule has 140 heavy (non-hydrogen) atoms. The number of nitrogens with zero attached hydrogens (tertiary/aromatic N) is 3. The monoisotopic (exact) mass is 1970 g/mol. The summed E-state index contributed by atoms with van der Waals surface area (Å²) in [6.45, 7) is 3.60. The lowest BCUT2D eigenvalue weighted by Gasteiger charge is -2.21. The molecule has 8 aromatic rings. The lowest BCUT2D eigenvalue weighted by molar-refractivity contribution is -0.150. The number of ketones is 2. The average Bonchev–Trinajstić information content (AvgIpc) is 0.809. The number of benzene rings is 5. The van der Waals surface area contributed by atoms with Crippen molar-refractivity contribution in [2.24, 2.45) is 5.73 Å². The third-order valence-electron chi connectivity index (χ3n) is 19.7. The molecule has 0 radical (unpaired) electrons. The van der Waals surface area contributed by atoms with Gasteiger partial charge in [-0.05, 0) is 205 Å². The number of aromatic nitrogens is 3. The number of esters is 5. The van der Waals surface area contributed by atoms with Crippen LogP contribution >= 0.6 is 0 Å². The van der Waals surface area contributed by atoms with Crippen molar-refractivity contribution in [2.45, 2.75) is 173 Å². The number of halogens is 7. The molecule has 5 aromatic carbocycles. The van der Waals surface area contributed by atoms with Crippen LogP contribution in [0.25, 0.3) is 0 Å². The second-order valence-corrected chi connectivity index (χ2v) is 30.1. The maximum absolute atomic E-state index is 13.2. The summed E-state index contributed by atoms with van der Waals surface area (Å²) in [5.74, 6) is -17.8. The summed E-state index contributed by atoms with van der Waals surface area (Å²) in [6.07, 6.45) is 5.28. The molecular weight excluding hydrogens is 1860 g/mol. The zero-order chi connectivity index (χ0) is 103. The highest BCUT2D eigenvalue weighted by molar-refractivity contribution is 5.95. The van der Waals surface area contributed by atoms with E-state index in [9.17, 15) is 108 Å². The van der Waals surface area contributed by atoms with Gasteiger partial charge in [0.15, 0.2) is 23.2 Å². The number of methoxy groups -OCH3 is 4. The number of Topliss-reactive ketones (excluding diaryl/α,β-unsaturated/α-hetero) is 2. The van der Waals surface area contributed by atoms with E-state index in [0.29, 0.717) is 85.6 Å². The smallest absolute Gasteiger partial charge is 0.345 e. The van der Waals surface area contributed by atoms with E-state index in [-0.39, 0.29) is 119 Å². The molecule has 6 atom stereocenters. The molecule has 0 spiro atoms. The molecule has 754 valence electrons. The van der Waals surface area contributed by atoms with Gasteiger partial charge in [-0.25, -0.2) is 62.1 Å². The topological polar surface area (TPSA) is 561 Å². The van der Waals surface area contributed by atoms with E-state index in [0.717, 1.165) is 54.0 Å². The van der Waals surface area contributed by atoms with Crippen molar-refractivity contribution in [1.29, 1.82) is 0 Å². The maximum Gasteiger partial charge on any atom is 0.345 e. The Morgan fingerprint density at radius 1 is 0.357 bits per heavy atom. The highest BCUT2D eigenvalue weighted by Crippen LogP contribution is 2.28. The van der Waals surface area contributed by atoms with Gasteiger partial charge in [0.1, 0.15) is 73.6 Å². The first kappa shape index (κ1) is 115. The number of unbranched alkanes of at least 4 members (excludes halogenated alkanes) is 3. The molecule has 0 saturated heterocycles. The molecule has 3 aromatic heterocycles. The average molecular weight is 1970 g/mol. The summed E-state index contributed by atoms with van der Waals surface area (Å²) in [6, 6.07) is 24.9. The standard InChI is InChI=1S/C35H41FN4O9.C29H39N3O8.C18H23FN4O8.C12H4F5NO2/c1-23(41)29(6-4-5-19-37-33(43)26-11-17-31(36)38-20-26)39-35(45)40-30(34(44)49-22-25-9-14-28(47-3)15-10-25)16-18-32(42)48-21-24-7-12-27(46-2)13-8-24;1-20(33)25(6-4-5-17-30)31-29(36)32-26(28(35)40-19-22-9-13-24(38-3)14-10-22)15-16-27(34)39-18-21-7-11-23(37-2)12-8-21;19-13-6-4-10(9-21-13)15(26)20-8-2-1-3-11(16(27)28)22-18(31)23-12(17(29)30)5-7-14(24)25;13-6-3-7(14)10(17)11(9(6)16)20-12(19)5-1-2-8(15)18-4-5/h7-15,17,20,29-30H,4-6,16,18-19,21-22H2,1-3H3,(H,37,43)(H2,39,40,45);7-14,25-26H,4-6,15-19,30H2,1-3H3,(H2,31,32,36);4,6,9,11-12H,1-3,5,7-8H2,(H,20,26)(H,24,25)(H,27,28)(H,29,30)(H2,22,23,31);1-4H/i36-1;;19-1;15-1. The van der Waals surface area contributed by atoms with Crippen LogP contribution in [0.3, 0.4) is 0 Å². The van der Waals surface area contributed by atoms with Gasteiger partial charge in [-0.1, -0.05) is 48.5 Å². The number of rotatable bonds is 51. The molecule has 13 N–H and O–H groups in total. The van der Waals surface area contributed by atoms with E-state index in [1.165, 1.54) is 33.1 Å². The Balaban J connectivity index is 0.000000343. The number of hydrogen-bond donors (Lipinski definition) is 12. The molecule has 8 rings (SSSR count). The number of amides is 8. The van der Waals surface area contributed by atoms with Gasteiger partial charge >= 0.3 is 65.8 Å². The Hall–Kier alpha value is -15.9. The number of carboxylic acid groups (broad SMARTS) is 3. The lowest BCUT2D eigenvalue weighted by atomic mass is 10.1. The molecule has 39 nitrogen and oxygen atoms in total. The van der Waals surface area contributed by atoms with Crippen LogP contribution in [-0.2, 0) is 88.5 Å². The zero-order valence-corrected chi connectivity index (χ0v) is 76.7. The van der Waals surface area contributed by atoms with Crippen molar-refractivity contribution < 1.29 is 161 Å². The molecule has 8 amide bonds. The minimum Gasteiger partial charge on any atom is -0.497 e. The highest BCUT2D eigenvalue weighted by Gasteiger charge is 2.31. The van der Waals surface area contributed by atoms with Crippen LogP contribution in [0.5, 0.6) is 28.7 Å². The molecule has 0 saturated carbocycles. The van der Waals surface area contributed by atoms with Gasteiger partial charge in [-0.3, -0.25) is 33.6 Å². The molecule has 3 heterocycles. The number of nitrogens with two attached hydrogens (primary N) is 1. The third-order valence-corrected chi connectivity index (χ3v) is 19.7. The molecule has 46 heteroatoms. The number of carbonyl (C=O) groups is 15. The Labute approximate surface area is 797 Å². The van der Waals surface area contributed by atoms with Crippen molar-refractivity contribution in [3.8, 4) is 28.7 Å². The predicted molar refractivity (Wildman–Crippen MR) is 480 cm³/mol. The molecule has 0 aliphatic carbocycles. The summed E-state index contributed by atoms with van der Waals surface area (Å²) >= 11 is 0. The number of carboxylic acids is 3. The van der Waals surface area contributed by atoms with Gasteiger partial charge < -0.3 is 106 Å². The van der Waals surface area contributed by atoms with E-state index < -0.39 is 167 Å². The van der Waals surface area contributed by atoms with Crippen LogP contribution in [0.4, 0.5) is 45.1 Å². The summed E-state index contributed by atoms with van der Waals surface area (Å²) in [7, 11) is 6.19. The number of ether oxygens (including phenoxy) is 9. The number of aliphatic carboxylic acids is 3. The van der Waals surface area contributed by atoms with Crippen LogP contribution in [0.15, 0.2) is 158 Å². The van der Waals surface area contributed by atoms with Gasteiger partial charge in [0.2, 0.25) is 35.2 Å². The number of hydrogen-bond acceptors (Lipinski definition) is 28. The first-order valence-electron chi connectivity index (χ1n) is 43.0. The summed E-state index contributed by atoms with van der Waals surface area (Å²) < 4.78 is 137. The summed E-state index contributed by atoms with van der Waals surface area (Å²) in [5.41, 5.74) is 8.45. The Kier molecular flexibility index (Phi) is 50.7. The second kappa shape index (κ2) is 61.9. The minimum absolute atomic E-state index is 0.00356. The van der Waals surface area contributed by atoms with Crippen LogP contribution in [-0.4, -0.2) is 204 Å². The summed E-state index contributed by atoms with van der Waals surface area (Å²) in [4.78, 5) is 191. The van der Waals surface area contributed by atoms with E-state index in [1.807, 2.05) is 5.32 Å². The van der Waals surface area contributed by atoms with Gasteiger partial charge in [0.05, 0.1) is 57.2 Å². The third kappa shape index (κ3) is 43.8. The zero-order valence-electron chi connectivity index (χ0n) is 76.7. The van der Waals surface area contributed by atoms with Crippen LogP contribution in [0, 0.1) is 41.1 Å². The quantitative estimate of drug-likeness (QED) is 0.00320. The fourth-order valence-electron chi connectivity index (χ4n) is 11.9. The van der Waals surface area contributed by atoms with Crippen molar-refractivity contribution in [2.75, 3.05) is 48.1 Å². The largest absolute Gasteiger partial charge is 0.497 e. The first-order chi connectivity index (χ1) is 66.8. The fourth-order valence-corrected chi connectivity index (χ4v) is 11.9. The van der Waals surface area contributed by atoms with Crippen LogP contribution < -0.4 is 72.0 Å². The molecule has 0 aliphatic heterocycles. The van der Waals surface area contributed by atoms with E-state index in [1.54, 1.807) is 118 Å².